The number of nitrogens with zero attached hydrogens (tertiary/aromatic N) is 1. The molecule has 1 atom stereocenters. The van der Waals surface area contributed by atoms with Crippen LogP contribution in [0.1, 0.15) is 53.7 Å². The van der Waals surface area contributed by atoms with Gasteiger partial charge in [-0.25, -0.2) is 0 Å². The van der Waals surface area contributed by atoms with Gasteiger partial charge in [-0.15, -0.1) is 0 Å². The van der Waals surface area contributed by atoms with Crippen LogP contribution in [0.5, 0.6) is 5.75 Å². The standard InChI is InChI=1S/C26H34N2O3/c1-18(2)31-24-9-7-21(8-10-24)11-12-27-25(29)22-6-5-13-28(17-22)26(30)23-15-19(3)14-20(4)16-23/h7-10,14-16,18,22H,5-6,11-13,17H2,1-4H3,(H,27,29). The van der Waals surface area contributed by atoms with Crippen molar-refractivity contribution in [1.29, 1.82) is 0 Å². The van der Waals surface area contributed by atoms with E-state index >= 15 is 0 Å². The molecular weight excluding hydrogens is 388 g/mol. The van der Waals surface area contributed by atoms with Gasteiger partial charge in [-0.05, 0) is 76.8 Å². The summed E-state index contributed by atoms with van der Waals surface area (Å²) in [6.45, 7) is 9.79. The lowest BCUT2D eigenvalue weighted by atomic mass is 9.96. The number of rotatable bonds is 7. The largest absolute Gasteiger partial charge is 0.491 e. The third-order valence-corrected chi connectivity index (χ3v) is 5.56. The summed E-state index contributed by atoms with van der Waals surface area (Å²) in [5.74, 6) is 0.773. The van der Waals surface area contributed by atoms with Gasteiger partial charge in [0, 0.05) is 25.2 Å². The molecule has 1 N–H and O–H groups in total. The first-order valence-corrected chi connectivity index (χ1v) is 11.2. The predicted molar refractivity (Wildman–Crippen MR) is 123 cm³/mol. The lowest BCUT2D eigenvalue weighted by Gasteiger charge is -2.32. The average Bonchev–Trinajstić information content (AvgIpc) is 2.73. The average molecular weight is 423 g/mol. The van der Waals surface area contributed by atoms with Crippen LogP contribution in [0.3, 0.4) is 0 Å². The van der Waals surface area contributed by atoms with Crippen molar-refractivity contribution in [2.24, 2.45) is 5.92 Å². The Morgan fingerprint density at radius 1 is 1.10 bits per heavy atom. The zero-order valence-electron chi connectivity index (χ0n) is 19.1. The zero-order chi connectivity index (χ0) is 22.4. The van der Waals surface area contributed by atoms with Gasteiger partial charge < -0.3 is 15.0 Å². The van der Waals surface area contributed by atoms with Crippen molar-refractivity contribution >= 4 is 11.8 Å². The van der Waals surface area contributed by atoms with Gasteiger partial charge in [-0.3, -0.25) is 9.59 Å². The molecule has 166 valence electrons. The SMILES string of the molecule is Cc1cc(C)cc(C(=O)N2CCCC(C(=O)NCCc3ccc(OC(C)C)cc3)C2)c1. The van der Waals surface area contributed by atoms with Crippen LogP contribution in [0.2, 0.25) is 0 Å². The molecule has 1 heterocycles. The van der Waals surface area contributed by atoms with E-state index in [-0.39, 0.29) is 23.8 Å². The Bertz CT molecular complexity index is 885. The summed E-state index contributed by atoms with van der Waals surface area (Å²) in [4.78, 5) is 27.5. The summed E-state index contributed by atoms with van der Waals surface area (Å²) in [5.41, 5.74) is 4.03. The molecule has 0 spiro atoms. The van der Waals surface area contributed by atoms with E-state index in [2.05, 4.69) is 11.4 Å². The van der Waals surface area contributed by atoms with E-state index in [0.717, 1.165) is 41.7 Å². The first-order valence-electron chi connectivity index (χ1n) is 11.2. The molecule has 0 bridgehead atoms. The lowest BCUT2D eigenvalue weighted by molar-refractivity contribution is -0.126. The number of benzene rings is 2. The van der Waals surface area contributed by atoms with Gasteiger partial charge in [0.15, 0.2) is 0 Å². The second-order valence-electron chi connectivity index (χ2n) is 8.82. The maximum Gasteiger partial charge on any atom is 0.253 e. The Labute approximate surface area is 185 Å². The highest BCUT2D eigenvalue weighted by atomic mass is 16.5. The van der Waals surface area contributed by atoms with E-state index in [1.165, 1.54) is 0 Å². The molecule has 1 aliphatic rings. The number of ether oxygens (including phenoxy) is 1. The highest BCUT2D eigenvalue weighted by Crippen LogP contribution is 2.20. The van der Waals surface area contributed by atoms with Crippen molar-refractivity contribution in [3.05, 3.63) is 64.7 Å². The Balaban J connectivity index is 1.49. The Kier molecular flexibility index (Phi) is 7.72. The van der Waals surface area contributed by atoms with Crippen molar-refractivity contribution in [1.82, 2.24) is 10.2 Å². The summed E-state index contributed by atoms with van der Waals surface area (Å²) >= 11 is 0. The molecule has 0 aromatic heterocycles. The monoisotopic (exact) mass is 422 g/mol. The smallest absolute Gasteiger partial charge is 0.253 e. The van der Waals surface area contributed by atoms with Crippen LogP contribution < -0.4 is 10.1 Å². The van der Waals surface area contributed by atoms with Gasteiger partial charge in [-0.1, -0.05) is 29.3 Å². The number of aryl methyl sites for hydroxylation is 2. The van der Waals surface area contributed by atoms with Crippen molar-refractivity contribution in [2.45, 2.75) is 53.1 Å². The molecule has 1 fully saturated rings. The van der Waals surface area contributed by atoms with E-state index in [9.17, 15) is 9.59 Å². The maximum atomic E-state index is 12.9. The number of carbonyl (C=O) groups excluding carboxylic acids is 2. The van der Waals surface area contributed by atoms with Crippen LogP contribution in [0.15, 0.2) is 42.5 Å². The highest BCUT2D eigenvalue weighted by Gasteiger charge is 2.28. The van der Waals surface area contributed by atoms with Gasteiger partial charge in [0.2, 0.25) is 5.91 Å². The first kappa shape index (κ1) is 22.9. The molecule has 0 aliphatic carbocycles. The van der Waals surface area contributed by atoms with Gasteiger partial charge in [0.05, 0.1) is 12.0 Å². The number of amides is 2. The quantitative estimate of drug-likeness (QED) is 0.724. The number of nitrogens with one attached hydrogen (secondary N) is 1. The molecule has 5 heteroatoms. The summed E-state index contributed by atoms with van der Waals surface area (Å²) in [7, 11) is 0. The van der Waals surface area contributed by atoms with Gasteiger partial charge >= 0.3 is 0 Å². The fourth-order valence-electron chi connectivity index (χ4n) is 4.14. The molecule has 31 heavy (non-hydrogen) atoms. The van der Waals surface area contributed by atoms with Crippen LogP contribution in [0, 0.1) is 19.8 Å². The second kappa shape index (κ2) is 10.5. The first-order chi connectivity index (χ1) is 14.8. The number of likely N-dealkylation sites (tertiary alicyclic amines) is 1. The minimum Gasteiger partial charge on any atom is -0.491 e. The van der Waals surface area contributed by atoms with E-state index in [1.54, 1.807) is 0 Å². The molecular formula is C26H34N2O3. The van der Waals surface area contributed by atoms with Crippen LogP contribution in [-0.4, -0.2) is 42.5 Å². The molecule has 1 saturated heterocycles. The Morgan fingerprint density at radius 3 is 2.42 bits per heavy atom. The molecule has 1 unspecified atom stereocenters. The highest BCUT2D eigenvalue weighted by molar-refractivity contribution is 5.95. The van der Waals surface area contributed by atoms with Crippen LogP contribution in [0.25, 0.3) is 0 Å². The number of hydrogen-bond donors (Lipinski definition) is 1. The fraction of sp³-hybridized carbons (Fsp3) is 0.462. The molecule has 2 aromatic rings. The lowest BCUT2D eigenvalue weighted by Crippen LogP contribution is -2.45. The summed E-state index contributed by atoms with van der Waals surface area (Å²) < 4.78 is 5.66. The molecule has 1 aliphatic heterocycles. The Morgan fingerprint density at radius 2 is 1.77 bits per heavy atom. The van der Waals surface area contributed by atoms with Crippen molar-refractivity contribution in [2.75, 3.05) is 19.6 Å². The van der Waals surface area contributed by atoms with Crippen LogP contribution in [-0.2, 0) is 11.2 Å². The zero-order valence-corrected chi connectivity index (χ0v) is 19.1. The summed E-state index contributed by atoms with van der Waals surface area (Å²) in [6, 6.07) is 13.9. The second-order valence-corrected chi connectivity index (χ2v) is 8.82. The molecule has 2 aromatic carbocycles. The molecule has 3 rings (SSSR count). The van der Waals surface area contributed by atoms with E-state index in [1.807, 2.05) is 69.0 Å². The molecule has 2 amide bonds. The third-order valence-electron chi connectivity index (χ3n) is 5.56. The summed E-state index contributed by atoms with van der Waals surface area (Å²) in [5, 5.41) is 3.06. The maximum absolute atomic E-state index is 12.9. The van der Waals surface area contributed by atoms with Gasteiger partial charge in [0.25, 0.3) is 5.91 Å². The third kappa shape index (κ3) is 6.58. The minimum atomic E-state index is -0.148. The Hall–Kier alpha value is -2.82. The number of piperidine rings is 1. The van der Waals surface area contributed by atoms with Gasteiger partial charge in [0.1, 0.15) is 5.75 Å². The number of carbonyl (C=O) groups is 2. The van der Waals surface area contributed by atoms with Crippen molar-refractivity contribution in [3.63, 3.8) is 0 Å². The fourth-order valence-corrected chi connectivity index (χ4v) is 4.14. The van der Waals surface area contributed by atoms with Crippen molar-refractivity contribution < 1.29 is 14.3 Å². The molecule has 0 saturated carbocycles. The predicted octanol–water partition coefficient (Wildman–Crippen LogP) is 4.30. The minimum absolute atomic E-state index is 0.0213. The van der Waals surface area contributed by atoms with Gasteiger partial charge in [-0.2, -0.15) is 0 Å². The topological polar surface area (TPSA) is 58.6 Å². The number of hydrogen-bond acceptors (Lipinski definition) is 3. The van der Waals surface area contributed by atoms with E-state index in [0.29, 0.717) is 25.2 Å². The van der Waals surface area contributed by atoms with Crippen molar-refractivity contribution in [3.8, 4) is 5.75 Å². The molecule has 5 nitrogen and oxygen atoms in total. The normalized spacial score (nSPS) is 16.3. The molecule has 0 radical (unpaired) electrons. The summed E-state index contributed by atoms with van der Waals surface area (Å²) in [6.07, 6.45) is 2.60. The van der Waals surface area contributed by atoms with Crippen LogP contribution >= 0.6 is 0 Å². The van der Waals surface area contributed by atoms with E-state index < -0.39 is 0 Å². The van der Waals surface area contributed by atoms with E-state index in [4.69, 9.17) is 4.74 Å². The van der Waals surface area contributed by atoms with Crippen LogP contribution in [0.4, 0.5) is 0 Å².